The molecule has 38 heavy (non-hydrogen) atoms. The summed E-state index contributed by atoms with van der Waals surface area (Å²) in [5.74, 6) is 6.11. The minimum atomic E-state index is -5.17. The summed E-state index contributed by atoms with van der Waals surface area (Å²) in [6, 6.07) is 7.52. The van der Waals surface area contributed by atoms with Crippen molar-refractivity contribution in [1.29, 1.82) is 4.78 Å². The first-order valence-corrected chi connectivity index (χ1v) is 14.1. The number of carbonyl (C=O) groups excluding carboxylic acids is 1. The van der Waals surface area contributed by atoms with Gasteiger partial charge in [-0.05, 0) is 64.1 Å². The van der Waals surface area contributed by atoms with Crippen LogP contribution in [0.25, 0.3) is 0 Å². The second kappa shape index (κ2) is 11.3. The molecule has 0 radical (unpaired) electrons. The summed E-state index contributed by atoms with van der Waals surface area (Å²) < 4.78 is 78.2. The third-order valence-electron chi connectivity index (χ3n) is 5.28. The van der Waals surface area contributed by atoms with Gasteiger partial charge in [-0.15, -0.1) is 5.92 Å². The van der Waals surface area contributed by atoms with Gasteiger partial charge in [0.15, 0.2) is 9.73 Å². The Labute approximate surface area is 222 Å². The van der Waals surface area contributed by atoms with Gasteiger partial charge in [-0.1, -0.05) is 5.92 Å². The van der Waals surface area contributed by atoms with Gasteiger partial charge in [0, 0.05) is 31.5 Å². The fourth-order valence-electron chi connectivity index (χ4n) is 3.59. The Kier molecular flexibility index (Phi) is 8.75. The zero-order valence-corrected chi connectivity index (χ0v) is 22.8. The lowest BCUT2D eigenvalue weighted by atomic mass is 10.1. The Bertz CT molecular complexity index is 1350. The van der Waals surface area contributed by atoms with Crippen LogP contribution < -0.4 is 10.2 Å². The van der Waals surface area contributed by atoms with Crippen LogP contribution in [0.1, 0.15) is 27.7 Å². The maximum absolute atomic E-state index is 13.2. The van der Waals surface area contributed by atoms with Crippen LogP contribution in [0.4, 0.5) is 29.5 Å². The maximum atomic E-state index is 13.2. The number of benzene rings is 1. The SMILES string of the molecule is CC#CC1CN(S(=O)c2ccc(NC(=O)OC(C)(C)C)nc2)CCN1c1ccc(S(=N)(=O)C(F)(F)F)cc1. The predicted molar refractivity (Wildman–Crippen MR) is 138 cm³/mol. The van der Waals surface area contributed by atoms with E-state index in [4.69, 9.17) is 9.52 Å². The van der Waals surface area contributed by atoms with E-state index in [-0.39, 0.29) is 12.4 Å². The molecule has 0 bridgehead atoms. The normalized spacial score (nSPS) is 19.0. The van der Waals surface area contributed by atoms with Crippen LogP contribution in [0.2, 0.25) is 0 Å². The van der Waals surface area contributed by atoms with Crippen LogP contribution in [0.5, 0.6) is 0 Å². The minimum Gasteiger partial charge on any atom is -0.444 e. The fourth-order valence-corrected chi connectivity index (χ4v) is 5.52. The largest absolute Gasteiger partial charge is 0.483 e. The van der Waals surface area contributed by atoms with Gasteiger partial charge in [0.1, 0.15) is 28.4 Å². The molecule has 1 saturated heterocycles. The lowest BCUT2D eigenvalue weighted by Crippen LogP contribution is -2.53. The number of piperazine rings is 1. The number of aromatic nitrogens is 1. The van der Waals surface area contributed by atoms with Crippen molar-refractivity contribution >= 4 is 38.3 Å². The minimum absolute atomic E-state index is 0.241. The molecule has 14 heteroatoms. The van der Waals surface area contributed by atoms with Crippen molar-refractivity contribution in [1.82, 2.24) is 9.29 Å². The van der Waals surface area contributed by atoms with E-state index in [0.717, 1.165) is 12.1 Å². The molecule has 0 saturated carbocycles. The molecule has 1 aromatic carbocycles. The van der Waals surface area contributed by atoms with E-state index >= 15 is 0 Å². The molecule has 1 aromatic heterocycles. The molecule has 206 valence electrons. The number of amides is 1. The van der Waals surface area contributed by atoms with Gasteiger partial charge in [-0.25, -0.2) is 27.3 Å². The Morgan fingerprint density at radius 2 is 1.84 bits per heavy atom. The molecule has 2 N–H and O–H groups in total. The lowest BCUT2D eigenvalue weighted by Gasteiger charge is -2.39. The third-order valence-corrected chi connectivity index (χ3v) is 8.32. The van der Waals surface area contributed by atoms with Gasteiger partial charge in [0.25, 0.3) is 0 Å². The number of nitrogens with zero attached hydrogens (tertiary/aromatic N) is 3. The van der Waals surface area contributed by atoms with E-state index in [0.29, 0.717) is 23.7 Å². The van der Waals surface area contributed by atoms with E-state index in [1.54, 1.807) is 38.1 Å². The highest BCUT2D eigenvalue weighted by Crippen LogP contribution is 2.32. The van der Waals surface area contributed by atoms with Crippen molar-refractivity contribution in [2.75, 3.05) is 29.9 Å². The molecule has 3 rings (SSSR count). The van der Waals surface area contributed by atoms with Crippen molar-refractivity contribution in [2.24, 2.45) is 0 Å². The van der Waals surface area contributed by atoms with Crippen LogP contribution >= 0.6 is 0 Å². The first-order chi connectivity index (χ1) is 17.6. The van der Waals surface area contributed by atoms with Crippen LogP contribution in [0, 0.1) is 16.6 Å². The number of ether oxygens (including phenoxy) is 1. The van der Waals surface area contributed by atoms with E-state index in [1.807, 2.05) is 4.90 Å². The van der Waals surface area contributed by atoms with Gasteiger partial charge >= 0.3 is 11.6 Å². The van der Waals surface area contributed by atoms with E-state index in [2.05, 4.69) is 22.1 Å². The molecular weight excluding hydrogens is 543 g/mol. The second-order valence-electron chi connectivity index (χ2n) is 9.24. The zero-order chi connectivity index (χ0) is 28.3. The third kappa shape index (κ3) is 7.03. The number of alkyl halides is 3. The Morgan fingerprint density at radius 3 is 2.37 bits per heavy atom. The zero-order valence-electron chi connectivity index (χ0n) is 21.2. The second-order valence-corrected chi connectivity index (χ2v) is 12.8. The summed E-state index contributed by atoms with van der Waals surface area (Å²) in [6.45, 7) is 7.85. The quantitative estimate of drug-likeness (QED) is 0.508. The lowest BCUT2D eigenvalue weighted by molar-refractivity contribution is -0.0406. The summed E-state index contributed by atoms with van der Waals surface area (Å²) in [6.07, 6.45) is 0.737. The number of halogens is 3. The van der Waals surface area contributed by atoms with Gasteiger partial charge in [-0.3, -0.25) is 5.32 Å². The molecule has 0 aliphatic carbocycles. The van der Waals surface area contributed by atoms with Crippen LogP contribution in [0.3, 0.4) is 0 Å². The fraction of sp³-hybridized carbons (Fsp3) is 0.417. The number of anilines is 2. The highest BCUT2D eigenvalue weighted by molar-refractivity contribution is 7.93. The molecule has 1 fully saturated rings. The molecular formula is C24H28F3N5O4S2. The Balaban J connectivity index is 1.71. The van der Waals surface area contributed by atoms with Crippen molar-refractivity contribution in [2.45, 2.75) is 54.6 Å². The first kappa shape index (κ1) is 29.4. The molecule has 1 aliphatic heterocycles. The van der Waals surface area contributed by atoms with E-state index < -0.39 is 48.9 Å². The van der Waals surface area contributed by atoms with E-state index in [1.165, 1.54) is 24.4 Å². The maximum Gasteiger partial charge on any atom is 0.483 e. The average Bonchev–Trinajstić information content (AvgIpc) is 2.82. The molecule has 3 atom stereocenters. The van der Waals surface area contributed by atoms with Gasteiger partial charge in [0.05, 0.1) is 9.79 Å². The van der Waals surface area contributed by atoms with Crippen LogP contribution in [0.15, 0.2) is 52.4 Å². The number of hydrogen-bond acceptors (Lipinski definition) is 7. The molecule has 9 nitrogen and oxygen atoms in total. The molecule has 2 aromatic rings. The number of nitrogens with one attached hydrogen (secondary N) is 2. The molecule has 1 aliphatic rings. The van der Waals surface area contributed by atoms with Crippen LogP contribution in [-0.4, -0.2) is 60.6 Å². The summed E-state index contributed by atoms with van der Waals surface area (Å²) in [5.41, 5.74) is -5.29. The predicted octanol–water partition coefficient (Wildman–Crippen LogP) is 4.59. The monoisotopic (exact) mass is 571 g/mol. The highest BCUT2D eigenvalue weighted by atomic mass is 32.2. The summed E-state index contributed by atoms with van der Waals surface area (Å²) in [5, 5.41) is 2.51. The first-order valence-electron chi connectivity index (χ1n) is 11.4. The molecule has 2 heterocycles. The summed E-state index contributed by atoms with van der Waals surface area (Å²) in [4.78, 5) is 17.7. The summed E-state index contributed by atoms with van der Waals surface area (Å²) in [7, 11) is -6.53. The van der Waals surface area contributed by atoms with Crippen molar-refractivity contribution in [3.05, 3.63) is 42.6 Å². The topological polar surface area (TPSA) is 116 Å². The van der Waals surface area contributed by atoms with Crippen molar-refractivity contribution < 1.29 is 31.1 Å². The number of carbonyl (C=O) groups is 1. The molecule has 0 spiro atoms. The van der Waals surface area contributed by atoms with Gasteiger partial charge in [0.2, 0.25) is 0 Å². The van der Waals surface area contributed by atoms with Crippen LogP contribution in [-0.2, 0) is 25.5 Å². The van der Waals surface area contributed by atoms with Gasteiger partial charge < -0.3 is 9.64 Å². The van der Waals surface area contributed by atoms with Crippen molar-refractivity contribution in [3.8, 4) is 11.8 Å². The van der Waals surface area contributed by atoms with E-state index in [9.17, 15) is 26.4 Å². The molecule has 3 unspecified atom stereocenters. The number of pyridine rings is 1. The Morgan fingerprint density at radius 1 is 1.18 bits per heavy atom. The molecule has 1 amide bonds. The van der Waals surface area contributed by atoms with Crippen molar-refractivity contribution in [3.63, 3.8) is 0 Å². The highest BCUT2D eigenvalue weighted by Gasteiger charge is 2.43. The summed E-state index contributed by atoms with van der Waals surface area (Å²) >= 11 is 0. The Hall–Kier alpha value is -3.15. The van der Waals surface area contributed by atoms with Gasteiger partial charge in [-0.2, -0.15) is 13.2 Å². The smallest absolute Gasteiger partial charge is 0.444 e. The average molecular weight is 572 g/mol. The number of hydrogen-bond donors (Lipinski definition) is 2. The standard InChI is InChI=1S/C24H28F3N5O4S2/c1-5-6-18-16-31(37(34)19-9-12-21(29-15-19)30-22(33)36-23(2,3)4)13-14-32(18)17-7-10-20(11-8-17)38(28,35)24(25,26)27/h7-12,15,18,28H,13-14,16H2,1-4H3,(H,29,30,33). The number of rotatable bonds is 5.